The fourth-order valence-corrected chi connectivity index (χ4v) is 2.69. The highest BCUT2D eigenvalue weighted by molar-refractivity contribution is 14.1. The first-order valence-electron chi connectivity index (χ1n) is 7.52. The van der Waals surface area contributed by atoms with Gasteiger partial charge in [0.05, 0.1) is 17.9 Å². The molecule has 3 N–H and O–H groups in total. The van der Waals surface area contributed by atoms with Crippen molar-refractivity contribution in [2.24, 2.45) is 0 Å². The van der Waals surface area contributed by atoms with E-state index in [2.05, 4.69) is 27.9 Å². The van der Waals surface area contributed by atoms with Crippen LogP contribution in [0.1, 0.15) is 22.8 Å². The molecule has 1 unspecified atom stereocenters. The maximum absolute atomic E-state index is 14.3. The van der Waals surface area contributed by atoms with Crippen molar-refractivity contribution in [3.8, 4) is 0 Å². The third kappa shape index (κ3) is 4.65. The number of anilines is 2. The number of aliphatic hydroxyl groups is 1. The number of aryl methyl sites for hydroxylation is 1. The summed E-state index contributed by atoms with van der Waals surface area (Å²) in [6.07, 6.45) is -0.732. The molecule has 0 spiro atoms. The van der Waals surface area contributed by atoms with E-state index in [4.69, 9.17) is 9.94 Å². The van der Waals surface area contributed by atoms with Crippen molar-refractivity contribution in [1.82, 2.24) is 5.48 Å². The Balaban J connectivity index is 2.43. The molecule has 1 atom stereocenters. The number of benzene rings is 2. The van der Waals surface area contributed by atoms with Gasteiger partial charge >= 0.3 is 0 Å². The number of carbonyl (C=O) groups is 1. The van der Waals surface area contributed by atoms with E-state index in [0.717, 1.165) is 9.13 Å². The number of hydroxylamine groups is 1. The number of amides is 1. The van der Waals surface area contributed by atoms with Gasteiger partial charge in [-0.25, -0.2) is 18.7 Å². The number of halogens is 4. The monoisotopic (exact) mass is 480 g/mol. The molecular weight excluding hydrogens is 464 g/mol. The molecule has 0 aliphatic heterocycles. The normalized spacial score (nSPS) is 12.0. The summed E-state index contributed by atoms with van der Waals surface area (Å²) >= 11 is 2.09. The lowest BCUT2D eigenvalue weighted by Gasteiger charge is -2.16. The van der Waals surface area contributed by atoms with Gasteiger partial charge in [-0.1, -0.05) is 0 Å². The molecule has 0 saturated heterocycles. The second-order valence-corrected chi connectivity index (χ2v) is 6.78. The summed E-state index contributed by atoms with van der Waals surface area (Å²) in [5.74, 6) is -5.72. The summed E-state index contributed by atoms with van der Waals surface area (Å²) in [7, 11) is 0. The van der Waals surface area contributed by atoms with Gasteiger partial charge < -0.3 is 10.4 Å². The van der Waals surface area contributed by atoms with Crippen LogP contribution < -0.4 is 10.8 Å². The molecule has 0 aliphatic rings. The highest BCUT2D eigenvalue weighted by Gasteiger charge is 2.24. The summed E-state index contributed by atoms with van der Waals surface area (Å²) < 4.78 is 42.5. The average molecular weight is 480 g/mol. The zero-order valence-corrected chi connectivity index (χ0v) is 16.0. The fraction of sp³-hybridized carbons (Fsp3) is 0.235. The number of hydrogen-bond donors (Lipinski definition) is 3. The van der Waals surface area contributed by atoms with Crippen LogP contribution in [0.15, 0.2) is 24.3 Å². The molecule has 26 heavy (non-hydrogen) atoms. The maximum atomic E-state index is 14.3. The van der Waals surface area contributed by atoms with E-state index >= 15 is 0 Å². The van der Waals surface area contributed by atoms with E-state index in [-0.39, 0.29) is 6.61 Å². The third-order valence-electron chi connectivity index (χ3n) is 3.46. The first-order chi connectivity index (χ1) is 12.2. The van der Waals surface area contributed by atoms with E-state index in [0.29, 0.717) is 11.8 Å². The Labute approximate surface area is 161 Å². The highest BCUT2D eigenvalue weighted by Crippen LogP contribution is 2.30. The summed E-state index contributed by atoms with van der Waals surface area (Å²) in [6.45, 7) is 2.84. The van der Waals surface area contributed by atoms with Gasteiger partial charge in [-0.2, -0.15) is 0 Å². The first kappa shape index (κ1) is 20.5. The lowest BCUT2D eigenvalue weighted by molar-refractivity contribution is -0.0304. The summed E-state index contributed by atoms with van der Waals surface area (Å²) in [5.41, 5.74) is 2.12. The molecule has 140 valence electrons. The Morgan fingerprint density at radius 1 is 1.27 bits per heavy atom. The van der Waals surface area contributed by atoms with E-state index in [1.54, 1.807) is 25.1 Å². The van der Waals surface area contributed by atoms with Crippen molar-refractivity contribution in [2.45, 2.75) is 20.0 Å². The van der Waals surface area contributed by atoms with Crippen LogP contribution in [0.5, 0.6) is 0 Å². The van der Waals surface area contributed by atoms with E-state index in [1.807, 2.05) is 5.48 Å². The van der Waals surface area contributed by atoms with Crippen molar-refractivity contribution < 1.29 is 27.9 Å². The standard InChI is InChI=1S/C17H16F3IN2O3/c1-8-5-10(21)3-4-13(8)22-16-11(6-12(18)14(19)15(16)20)17(25)23-26-9(2)7-24/h3-6,9,22,24H,7H2,1-2H3,(H,23,25). The number of aliphatic hydroxyl groups excluding tert-OH is 1. The smallest absolute Gasteiger partial charge is 0.277 e. The SMILES string of the molecule is Cc1cc(I)ccc1Nc1c(C(=O)NOC(C)CO)cc(F)c(F)c1F. The quantitative estimate of drug-likeness (QED) is 0.334. The predicted octanol–water partition coefficient (Wildman–Crippen LogP) is 3.80. The van der Waals surface area contributed by atoms with Crippen molar-refractivity contribution in [2.75, 3.05) is 11.9 Å². The van der Waals surface area contributed by atoms with Crippen LogP contribution in [0.4, 0.5) is 24.5 Å². The molecule has 1 amide bonds. The zero-order chi connectivity index (χ0) is 19.4. The van der Waals surface area contributed by atoms with Crippen molar-refractivity contribution in [3.63, 3.8) is 0 Å². The molecule has 0 radical (unpaired) electrons. The number of carbonyl (C=O) groups excluding carboxylic acids is 1. The largest absolute Gasteiger partial charge is 0.394 e. The fourth-order valence-electron chi connectivity index (χ4n) is 2.04. The Kier molecular flexibility index (Phi) is 6.84. The number of hydrogen-bond acceptors (Lipinski definition) is 4. The molecule has 2 aromatic carbocycles. The van der Waals surface area contributed by atoms with Crippen LogP contribution in [0.25, 0.3) is 0 Å². The zero-order valence-electron chi connectivity index (χ0n) is 13.9. The molecule has 5 nitrogen and oxygen atoms in total. The maximum Gasteiger partial charge on any atom is 0.277 e. The minimum absolute atomic E-state index is 0.376. The van der Waals surface area contributed by atoms with Gasteiger partial charge in [0, 0.05) is 9.26 Å². The van der Waals surface area contributed by atoms with Crippen LogP contribution >= 0.6 is 22.6 Å². The van der Waals surface area contributed by atoms with Gasteiger partial charge in [0.2, 0.25) is 0 Å². The Hall–Kier alpha value is -1.85. The van der Waals surface area contributed by atoms with E-state index < -0.39 is 40.7 Å². The van der Waals surface area contributed by atoms with Crippen LogP contribution in [0.3, 0.4) is 0 Å². The lowest BCUT2D eigenvalue weighted by Crippen LogP contribution is -2.30. The first-order valence-corrected chi connectivity index (χ1v) is 8.60. The molecule has 0 saturated carbocycles. The van der Waals surface area contributed by atoms with Crippen LogP contribution in [0.2, 0.25) is 0 Å². The molecule has 2 aromatic rings. The minimum atomic E-state index is -1.70. The van der Waals surface area contributed by atoms with Gasteiger partial charge in [-0.15, -0.1) is 0 Å². The summed E-state index contributed by atoms with van der Waals surface area (Å²) in [5, 5.41) is 11.5. The topological polar surface area (TPSA) is 70.6 Å². The van der Waals surface area contributed by atoms with Crippen LogP contribution in [0, 0.1) is 27.9 Å². The number of rotatable bonds is 6. The molecule has 0 aromatic heterocycles. The van der Waals surface area contributed by atoms with E-state index in [1.165, 1.54) is 6.92 Å². The van der Waals surface area contributed by atoms with Crippen LogP contribution in [-0.4, -0.2) is 23.7 Å². The number of nitrogens with one attached hydrogen (secondary N) is 2. The molecule has 0 bridgehead atoms. The molecular formula is C17H16F3IN2O3. The van der Waals surface area contributed by atoms with E-state index in [9.17, 15) is 18.0 Å². The Bertz CT molecular complexity index is 833. The summed E-state index contributed by atoms with van der Waals surface area (Å²) in [6, 6.07) is 5.74. The van der Waals surface area contributed by atoms with Crippen molar-refractivity contribution in [1.29, 1.82) is 0 Å². The molecule has 0 fully saturated rings. The third-order valence-corrected chi connectivity index (χ3v) is 4.14. The second kappa shape index (κ2) is 8.69. The Morgan fingerprint density at radius 2 is 1.96 bits per heavy atom. The molecule has 0 aliphatic carbocycles. The molecule has 2 rings (SSSR count). The van der Waals surface area contributed by atoms with Gasteiger partial charge in [-0.05, 0) is 66.3 Å². The molecule has 9 heteroatoms. The van der Waals surface area contributed by atoms with Gasteiger partial charge in [0.25, 0.3) is 5.91 Å². The lowest BCUT2D eigenvalue weighted by atomic mass is 10.1. The van der Waals surface area contributed by atoms with Gasteiger partial charge in [0.1, 0.15) is 6.10 Å². The minimum Gasteiger partial charge on any atom is -0.394 e. The van der Waals surface area contributed by atoms with Gasteiger partial charge in [0.15, 0.2) is 17.5 Å². The highest BCUT2D eigenvalue weighted by atomic mass is 127. The second-order valence-electron chi connectivity index (χ2n) is 5.54. The van der Waals surface area contributed by atoms with Gasteiger partial charge in [-0.3, -0.25) is 9.63 Å². The predicted molar refractivity (Wildman–Crippen MR) is 98.6 cm³/mol. The average Bonchev–Trinajstić information content (AvgIpc) is 2.61. The molecule has 0 heterocycles. The summed E-state index contributed by atoms with van der Waals surface area (Å²) in [4.78, 5) is 17.1. The van der Waals surface area contributed by atoms with Crippen LogP contribution in [-0.2, 0) is 4.84 Å². The van der Waals surface area contributed by atoms with Crippen molar-refractivity contribution in [3.05, 3.63) is 56.4 Å². The van der Waals surface area contributed by atoms with Crippen molar-refractivity contribution >= 4 is 39.9 Å². The Morgan fingerprint density at radius 3 is 2.58 bits per heavy atom.